The predicted octanol–water partition coefficient (Wildman–Crippen LogP) is 2.40. The Kier molecular flexibility index (Phi) is 10.3. The summed E-state index contributed by atoms with van der Waals surface area (Å²) in [5, 5.41) is 11.6. The van der Waals surface area contributed by atoms with E-state index in [-0.39, 0.29) is 12.1 Å². The first-order chi connectivity index (χ1) is 22.5. The minimum Gasteiger partial charge on any atom is -0.759 e. The second-order valence-electron chi connectivity index (χ2n) is 11.6. The number of ether oxygens (including phenoxy) is 1. The highest BCUT2D eigenvalue weighted by atomic mass is 32.2. The van der Waals surface area contributed by atoms with E-state index in [0.717, 1.165) is 21.2 Å². The largest absolute Gasteiger partial charge is 0.759 e. The number of carboxylic acid groups (broad SMARTS) is 1. The Bertz CT molecular complexity index is 1970. The lowest BCUT2D eigenvalue weighted by Crippen LogP contribution is -2.60. The number of rotatable bonds is 9. The van der Waals surface area contributed by atoms with Gasteiger partial charge in [-0.3, -0.25) is 22.9 Å². The summed E-state index contributed by atoms with van der Waals surface area (Å²) in [5.41, 5.74) is 2.85. The molecule has 12 nitrogen and oxygen atoms in total. The van der Waals surface area contributed by atoms with Gasteiger partial charge >= 0.3 is 11.7 Å². The molecule has 1 aliphatic rings. The van der Waals surface area contributed by atoms with Gasteiger partial charge in [-0.2, -0.15) is 4.41 Å². The normalized spacial score (nSPS) is 15.0. The van der Waals surface area contributed by atoms with Crippen LogP contribution < -0.4 is 20.9 Å². The number of nitrogens with zero attached hydrogens (tertiary/aromatic N) is 5. The van der Waals surface area contributed by atoms with Gasteiger partial charge < -0.3 is 19.3 Å². The number of hydrogen-bond donors (Lipinski definition) is 1. The molecule has 4 aromatic rings. The Morgan fingerprint density at radius 3 is 2.17 bits per heavy atom. The van der Waals surface area contributed by atoms with E-state index in [2.05, 4.69) is 16.7 Å². The van der Waals surface area contributed by atoms with Crippen molar-refractivity contribution < 1.29 is 23.4 Å². The molecular formula is C34H36N5O7S-. The number of hydrogen-bond acceptors (Lipinski definition) is 8. The minimum atomic E-state index is -2.71. The van der Waals surface area contributed by atoms with E-state index >= 15 is 0 Å². The highest BCUT2D eigenvalue weighted by molar-refractivity contribution is 7.76. The van der Waals surface area contributed by atoms with Crippen LogP contribution in [0, 0.1) is 17.8 Å². The standard InChI is InChI=1S/C34H37N5O7S/c1-23(2)31(33(41)42)39(47(44)45)37-19-17-36(18-20-37)27-12-7-24(8-13-27)5-6-25-11-16-30-29(21-25)32(40)38(34(43)35(30)3)22-26-9-14-28(46-4)15-10-26/h7-16,21,23,31H,17-20,22H2,1-4H3,(H,41,42)(H,44,45)/p-1. The molecule has 1 aliphatic heterocycles. The number of carbonyl (C=O) groups is 1. The molecule has 246 valence electrons. The van der Waals surface area contributed by atoms with Crippen molar-refractivity contribution in [3.8, 4) is 17.6 Å². The van der Waals surface area contributed by atoms with Crippen LogP contribution in [-0.2, 0) is 29.7 Å². The Morgan fingerprint density at radius 1 is 0.979 bits per heavy atom. The van der Waals surface area contributed by atoms with Crippen LogP contribution in [0.4, 0.5) is 5.69 Å². The van der Waals surface area contributed by atoms with Gasteiger partial charge in [-0.1, -0.05) is 37.8 Å². The van der Waals surface area contributed by atoms with Gasteiger partial charge in [0, 0.05) is 61.3 Å². The van der Waals surface area contributed by atoms with Crippen LogP contribution in [0.2, 0.25) is 0 Å². The van der Waals surface area contributed by atoms with E-state index in [4.69, 9.17) is 4.74 Å². The first-order valence-electron chi connectivity index (χ1n) is 15.1. The average molecular weight is 659 g/mol. The van der Waals surface area contributed by atoms with Crippen LogP contribution in [0.3, 0.4) is 0 Å². The van der Waals surface area contributed by atoms with Crippen LogP contribution in [0.1, 0.15) is 30.5 Å². The summed E-state index contributed by atoms with van der Waals surface area (Å²) < 4.78 is 32.8. The Hall–Kier alpha value is -4.74. The zero-order chi connectivity index (χ0) is 33.8. The molecule has 2 unspecified atom stereocenters. The molecule has 47 heavy (non-hydrogen) atoms. The van der Waals surface area contributed by atoms with Crippen molar-refractivity contribution in [1.82, 2.24) is 18.6 Å². The lowest BCUT2D eigenvalue weighted by Gasteiger charge is -2.45. The van der Waals surface area contributed by atoms with Gasteiger partial charge in [0.1, 0.15) is 11.8 Å². The second kappa shape index (κ2) is 14.4. The number of aryl methyl sites for hydroxylation is 1. The fourth-order valence-corrected chi connectivity index (χ4v) is 6.57. The van der Waals surface area contributed by atoms with E-state index in [1.165, 1.54) is 9.13 Å². The van der Waals surface area contributed by atoms with Crippen LogP contribution in [0.5, 0.6) is 5.75 Å². The second-order valence-corrected chi connectivity index (χ2v) is 12.4. The van der Waals surface area contributed by atoms with Crippen LogP contribution >= 0.6 is 0 Å². The molecule has 0 saturated carbocycles. The number of anilines is 1. The fourth-order valence-electron chi connectivity index (χ4n) is 5.70. The number of hydrazine groups is 1. The molecule has 0 spiro atoms. The number of methoxy groups -OCH3 is 1. The van der Waals surface area contributed by atoms with Crippen molar-refractivity contribution in [1.29, 1.82) is 0 Å². The fraction of sp³-hybridized carbons (Fsp3) is 0.324. The summed E-state index contributed by atoms with van der Waals surface area (Å²) >= 11 is -2.71. The Morgan fingerprint density at radius 2 is 1.60 bits per heavy atom. The number of aromatic nitrogens is 2. The van der Waals surface area contributed by atoms with Crippen molar-refractivity contribution in [3.05, 3.63) is 104 Å². The summed E-state index contributed by atoms with van der Waals surface area (Å²) in [7, 11) is 3.21. The van der Waals surface area contributed by atoms with Gasteiger partial charge in [-0.25, -0.2) is 9.80 Å². The monoisotopic (exact) mass is 658 g/mol. The topological polar surface area (TPSA) is 140 Å². The summed E-state index contributed by atoms with van der Waals surface area (Å²) in [6, 6.07) is 18.9. The maximum atomic E-state index is 13.4. The third kappa shape index (κ3) is 7.31. The zero-order valence-electron chi connectivity index (χ0n) is 26.6. The number of benzene rings is 3. The molecule has 2 atom stereocenters. The van der Waals surface area contributed by atoms with Gasteiger partial charge in [0.15, 0.2) is 0 Å². The average Bonchev–Trinajstić information content (AvgIpc) is 3.07. The molecule has 3 aromatic carbocycles. The maximum absolute atomic E-state index is 13.4. The molecule has 1 N–H and O–H groups in total. The molecule has 2 heterocycles. The molecule has 0 bridgehead atoms. The smallest absolute Gasteiger partial charge is 0.331 e. The highest BCUT2D eigenvalue weighted by Gasteiger charge is 2.35. The van der Waals surface area contributed by atoms with E-state index < -0.39 is 34.9 Å². The SMILES string of the molecule is COc1ccc(Cn2c(=O)c3cc(C#Cc4ccc(N5CCN(N(C(C(=O)O)C(C)C)S(=O)[O-])CC5)cc4)ccc3n(C)c2=O)cc1. The predicted molar refractivity (Wildman–Crippen MR) is 179 cm³/mol. The van der Waals surface area contributed by atoms with Gasteiger partial charge in [-0.15, -0.1) is 0 Å². The Balaban J connectivity index is 1.30. The number of fused-ring (bicyclic) bond motifs is 1. The number of piperazine rings is 1. The van der Waals surface area contributed by atoms with Crippen molar-refractivity contribution in [2.75, 3.05) is 38.2 Å². The summed E-state index contributed by atoms with van der Waals surface area (Å²) in [6.07, 6.45) is 0. The lowest BCUT2D eigenvalue weighted by atomic mass is 10.1. The van der Waals surface area contributed by atoms with Crippen molar-refractivity contribution in [3.63, 3.8) is 0 Å². The van der Waals surface area contributed by atoms with Crippen molar-refractivity contribution >= 4 is 33.8 Å². The molecule has 5 rings (SSSR count). The zero-order valence-corrected chi connectivity index (χ0v) is 27.4. The molecule has 1 fully saturated rings. The number of aliphatic carboxylic acids is 1. The van der Waals surface area contributed by atoms with Crippen LogP contribution in [0.25, 0.3) is 10.9 Å². The van der Waals surface area contributed by atoms with Gasteiger partial charge in [0.2, 0.25) is 0 Å². The minimum absolute atomic E-state index is 0.125. The Labute approximate surface area is 274 Å². The molecule has 1 saturated heterocycles. The molecule has 0 aliphatic carbocycles. The molecule has 0 radical (unpaired) electrons. The van der Waals surface area contributed by atoms with Gasteiger partial charge in [0.25, 0.3) is 5.56 Å². The summed E-state index contributed by atoms with van der Waals surface area (Å²) in [5.74, 6) is 5.37. The van der Waals surface area contributed by atoms with Crippen LogP contribution in [0.15, 0.2) is 76.3 Å². The van der Waals surface area contributed by atoms with E-state index in [1.807, 2.05) is 36.4 Å². The van der Waals surface area contributed by atoms with E-state index in [9.17, 15) is 28.3 Å². The van der Waals surface area contributed by atoms with Crippen molar-refractivity contribution in [2.45, 2.75) is 26.4 Å². The van der Waals surface area contributed by atoms with E-state index in [0.29, 0.717) is 48.4 Å². The summed E-state index contributed by atoms with van der Waals surface area (Å²) in [4.78, 5) is 40.4. The van der Waals surface area contributed by atoms with E-state index in [1.54, 1.807) is 63.3 Å². The van der Waals surface area contributed by atoms with Crippen molar-refractivity contribution in [2.24, 2.45) is 13.0 Å². The maximum Gasteiger partial charge on any atom is 0.331 e. The van der Waals surface area contributed by atoms with Crippen LogP contribution in [-0.4, -0.2) is 77.7 Å². The lowest BCUT2D eigenvalue weighted by molar-refractivity contribution is -0.149. The third-order valence-electron chi connectivity index (χ3n) is 8.24. The quantitative estimate of drug-likeness (QED) is 0.212. The number of carboxylic acids is 1. The first-order valence-corrected chi connectivity index (χ1v) is 16.1. The molecule has 1 aromatic heterocycles. The molecule has 13 heteroatoms. The van der Waals surface area contributed by atoms with Gasteiger partial charge in [0.05, 0.1) is 24.6 Å². The summed E-state index contributed by atoms with van der Waals surface area (Å²) in [6.45, 7) is 5.22. The molecular weight excluding hydrogens is 622 g/mol. The van der Waals surface area contributed by atoms with Gasteiger partial charge in [-0.05, 0) is 66.1 Å². The highest BCUT2D eigenvalue weighted by Crippen LogP contribution is 2.22. The molecule has 0 amide bonds. The third-order valence-corrected chi connectivity index (χ3v) is 9.01. The first kappa shape index (κ1) is 33.6.